The minimum absolute atomic E-state index is 0.00154. The summed E-state index contributed by atoms with van der Waals surface area (Å²) in [6.45, 7) is 7.57. The van der Waals surface area contributed by atoms with Gasteiger partial charge in [-0.15, -0.1) is 0 Å². The van der Waals surface area contributed by atoms with Crippen molar-refractivity contribution in [2.75, 3.05) is 33.4 Å². The summed E-state index contributed by atoms with van der Waals surface area (Å²) in [5.74, 6) is -0.406. The topological polar surface area (TPSA) is 78.9 Å². The first-order valence-electron chi connectivity index (χ1n) is 7.47. The molecule has 1 heterocycles. The van der Waals surface area contributed by atoms with E-state index in [4.69, 9.17) is 9.84 Å². The molecule has 2 amide bonds. The molecule has 2 unspecified atom stereocenters. The van der Waals surface area contributed by atoms with Gasteiger partial charge in [0.15, 0.2) is 0 Å². The Morgan fingerprint density at radius 1 is 1.52 bits per heavy atom. The molecule has 6 heteroatoms. The minimum Gasteiger partial charge on any atom is -0.396 e. The number of hydrogen-bond acceptors (Lipinski definition) is 4. The largest absolute Gasteiger partial charge is 0.396 e. The zero-order valence-electron chi connectivity index (χ0n) is 13.5. The molecule has 0 spiro atoms. The predicted molar refractivity (Wildman–Crippen MR) is 79.7 cm³/mol. The number of amides is 2. The van der Waals surface area contributed by atoms with Crippen molar-refractivity contribution in [2.24, 2.45) is 11.3 Å². The van der Waals surface area contributed by atoms with Crippen LogP contribution in [-0.4, -0.2) is 61.3 Å². The average molecular weight is 300 g/mol. The normalized spacial score (nSPS) is 20.7. The van der Waals surface area contributed by atoms with Crippen LogP contribution in [0.5, 0.6) is 0 Å². The molecule has 0 aliphatic carbocycles. The van der Waals surface area contributed by atoms with E-state index in [1.165, 1.54) is 0 Å². The van der Waals surface area contributed by atoms with Gasteiger partial charge in [0.05, 0.1) is 12.5 Å². The number of likely N-dealkylation sites (tertiary alicyclic amines) is 1. The molecule has 0 aromatic carbocycles. The van der Waals surface area contributed by atoms with Gasteiger partial charge in [0.25, 0.3) is 0 Å². The summed E-state index contributed by atoms with van der Waals surface area (Å²) in [7, 11) is 1.59. The van der Waals surface area contributed by atoms with E-state index >= 15 is 0 Å². The maximum Gasteiger partial charge on any atom is 0.225 e. The van der Waals surface area contributed by atoms with Gasteiger partial charge >= 0.3 is 0 Å². The number of nitrogens with zero attached hydrogens (tertiary/aromatic N) is 1. The van der Waals surface area contributed by atoms with Gasteiger partial charge in [0.1, 0.15) is 0 Å². The molecule has 21 heavy (non-hydrogen) atoms. The maximum absolute atomic E-state index is 12.3. The first-order chi connectivity index (χ1) is 9.79. The Morgan fingerprint density at radius 2 is 2.19 bits per heavy atom. The van der Waals surface area contributed by atoms with E-state index in [-0.39, 0.29) is 42.2 Å². The summed E-state index contributed by atoms with van der Waals surface area (Å²) >= 11 is 0. The molecule has 0 aromatic heterocycles. The molecule has 1 fully saturated rings. The summed E-state index contributed by atoms with van der Waals surface area (Å²) < 4.78 is 4.97. The molecule has 1 rings (SSSR count). The van der Waals surface area contributed by atoms with E-state index in [0.29, 0.717) is 26.1 Å². The Morgan fingerprint density at radius 3 is 2.71 bits per heavy atom. The van der Waals surface area contributed by atoms with Gasteiger partial charge < -0.3 is 20.1 Å². The monoisotopic (exact) mass is 300 g/mol. The van der Waals surface area contributed by atoms with Crippen LogP contribution >= 0.6 is 0 Å². The van der Waals surface area contributed by atoms with E-state index in [9.17, 15) is 9.59 Å². The summed E-state index contributed by atoms with van der Waals surface area (Å²) in [5.41, 5.74) is -0.128. The molecule has 0 aromatic rings. The van der Waals surface area contributed by atoms with Crippen LogP contribution in [0.4, 0.5) is 0 Å². The second kappa shape index (κ2) is 7.75. The molecule has 1 saturated heterocycles. The van der Waals surface area contributed by atoms with Gasteiger partial charge in [-0.25, -0.2) is 0 Å². The Labute approximate surface area is 126 Å². The molecule has 0 saturated carbocycles. The lowest BCUT2D eigenvalue weighted by molar-refractivity contribution is -0.129. The van der Waals surface area contributed by atoms with Crippen molar-refractivity contribution < 1.29 is 19.4 Å². The van der Waals surface area contributed by atoms with E-state index in [2.05, 4.69) is 5.32 Å². The highest BCUT2D eigenvalue weighted by molar-refractivity contribution is 5.89. The zero-order valence-corrected chi connectivity index (χ0v) is 13.5. The lowest BCUT2D eigenvalue weighted by atomic mass is 9.84. The Hall–Kier alpha value is -1.14. The first kappa shape index (κ1) is 17.9. The van der Waals surface area contributed by atoms with E-state index in [1.54, 1.807) is 12.0 Å². The molecule has 6 nitrogen and oxygen atoms in total. The number of rotatable bonds is 7. The lowest BCUT2D eigenvalue weighted by Crippen LogP contribution is -2.47. The fourth-order valence-corrected chi connectivity index (χ4v) is 2.51. The Balaban J connectivity index is 2.57. The third-order valence-electron chi connectivity index (χ3n) is 3.93. The van der Waals surface area contributed by atoms with Crippen LogP contribution in [0.15, 0.2) is 0 Å². The van der Waals surface area contributed by atoms with Crippen molar-refractivity contribution in [1.82, 2.24) is 10.2 Å². The van der Waals surface area contributed by atoms with Gasteiger partial charge in [0.2, 0.25) is 11.8 Å². The number of hydrogen-bond donors (Lipinski definition) is 2. The van der Waals surface area contributed by atoms with Gasteiger partial charge in [-0.3, -0.25) is 9.59 Å². The van der Waals surface area contributed by atoms with E-state index in [0.717, 1.165) is 0 Å². The van der Waals surface area contributed by atoms with E-state index in [1.807, 2.05) is 20.8 Å². The summed E-state index contributed by atoms with van der Waals surface area (Å²) in [5, 5.41) is 12.1. The second-order valence-corrected chi connectivity index (χ2v) is 6.67. The Bertz CT molecular complexity index is 365. The first-order valence-corrected chi connectivity index (χ1v) is 7.47. The lowest BCUT2D eigenvalue weighted by Gasteiger charge is -2.32. The smallest absolute Gasteiger partial charge is 0.225 e. The number of aliphatic hydroxyl groups excluding tert-OH is 1. The second-order valence-electron chi connectivity index (χ2n) is 6.67. The van der Waals surface area contributed by atoms with Gasteiger partial charge in [-0.1, -0.05) is 20.8 Å². The fourth-order valence-electron chi connectivity index (χ4n) is 2.51. The van der Waals surface area contributed by atoms with Crippen LogP contribution in [0, 0.1) is 11.3 Å². The van der Waals surface area contributed by atoms with Crippen molar-refractivity contribution in [3.05, 3.63) is 0 Å². The van der Waals surface area contributed by atoms with Crippen LogP contribution in [0.1, 0.15) is 33.6 Å². The zero-order chi connectivity index (χ0) is 16.0. The van der Waals surface area contributed by atoms with Crippen molar-refractivity contribution >= 4 is 11.8 Å². The third kappa shape index (κ3) is 5.28. The quantitative estimate of drug-likeness (QED) is 0.713. The molecular weight excluding hydrogens is 272 g/mol. The number of carbonyl (C=O) groups is 2. The van der Waals surface area contributed by atoms with Gasteiger partial charge in [0, 0.05) is 39.3 Å². The van der Waals surface area contributed by atoms with Crippen LogP contribution in [0.3, 0.4) is 0 Å². The minimum atomic E-state index is -0.308. The SMILES string of the molecule is COCCN1CC(C(=O)NC(CCO)C(C)(C)C)CC1=O. The maximum atomic E-state index is 12.3. The highest BCUT2D eigenvalue weighted by Gasteiger charge is 2.36. The average Bonchev–Trinajstić information content (AvgIpc) is 2.76. The van der Waals surface area contributed by atoms with Crippen LogP contribution < -0.4 is 5.32 Å². The van der Waals surface area contributed by atoms with Crippen molar-refractivity contribution in [1.29, 1.82) is 0 Å². The van der Waals surface area contributed by atoms with Gasteiger partial charge in [-0.05, 0) is 11.8 Å². The molecule has 1 aliphatic heterocycles. The standard InChI is InChI=1S/C15H28N2O4/c1-15(2,3)12(5-7-18)16-14(20)11-9-13(19)17(10-11)6-8-21-4/h11-12,18H,5-10H2,1-4H3,(H,16,20). The molecule has 0 radical (unpaired) electrons. The molecular formula is C15H28N2O4. The summed E-state index contributed by atoms with van der Waals surface area (Å²) in [4.78, 5) is 25.9. The summed E-state index contributed by atoms with van der Waals surface area (Å²) in [6.07, 6.45) is 0.773. The highest BCUT2D eigenvalue weighted by atomic mass is 16.5. The molecule has 122 valence electrons. The number of nitrogens with one attached hydrogen (secondary N) is 1. The number of aliphatic hydroxyl groups is 1. The van der Waals surface area contributed by atoms with Crippen molar-refractivity contribution in [3.8, 4) is 0 Å². The van der Waals surface area contributed by atoms with Crippen LogP contribution in [0.2, 0.25) is 0 Å². The molecule has 2 N–H and O–H groups in total. The van der Waals surface area contributed by atoms with Crippen molar-refractivity contribution in [2.45, 2.75) is 39.7 Å². The van der Waals surface area contributed by atoms with E-state index < -0.39 is 0 Å². The van der Waals surface area contributed by atoms with Crippen molar-refractivity contribution in [3.63, 3.8) is 0 Å². The molecule has 0 bridgehead atoms. The van der Waals surface area contributed by atoms with Gasteiger partial charge in [-0.2, -0.15) is 0 Å². The highest BCUT2D eigenvalue weighted by Crippen LogP contribution is 2.24. The predicted octanol–water partition coefficient (Wildman–Crippen LogP) is 0.395. The number of carbonyl (C=O) groups excluding carboxylic acids is 2. The number of methoxy groups -OCH3 is 1. The summed E-state index contributed by atoms with van der Waals surface area (Å²) in [6, 6.07) is -0.0990. The molecule has 2 atom stereocenters. The third-order valence-corrected chi connectivity index (χ3v) is 3.93. The van der Waals surface area contributed by atoms with Crippen LogP contribution in [0.25, 0.3) is 0 Å². The fraction of sp³-hybridized carbons (Fsp3) is 0.867. The molecule has 1 aliphatic rings. The number of ether oxygens (including phenoxy) is 1. The Kier molecular flexibility index (Phi) is 6.61. The van der Waals surface area contributed by atoms with Crippen LogP contribution in [-0.2, 0) is 14.3 Å².